The van der Waals surface area contributed by atoms with Crippen LogP contribution in [0.25, 0.3) is 11.3 Å². The van der Waals surface area contributed by atoms with Crippen LogP contribution in [-0.4, -0.2) is 57.6 Å². The Morgan fingerprint density at radius 2 is 1.77 bits per heavy atom. The molecule has 3 heterocycles. The predicted molar refractivity (Wildman–Crippen MR) is 167 cm³/mol. The van der Waals surface area contributed by atoms with Gasteiger partial charge < -0.3 is 21.3 Å². The van der Waals surface area contributed by atoms with E-state index in [1.165, 1.54) is 18.2 Å². The maximum absolute atomic E-state index is 14.8. The average molecular weight is 615 g/mol. The molecule has 2 aliphatic heterocycles. The van der Waals surface area contributed by atoms with Gasteiger partial charge in [-0.15, -0.1) is 0 Å². The second-order valence-corrected chi connectivity index (χ2v) is 11.3. The van der Waals surface area contributed by atoms with Crippen LogP contribution in [0.4, 0.5) is 20.4 Å². The van der Waals surface area contributed by atoms with Crippen molar-refractivity contribution in [2.24, 2.45) is 15.7 Å². The third-order valence-corrected chi connectivity index (χ3v) is 7.66. The van der Waals surface area contributed by atoms with Gasteiger partial charge in [0.1, 0.15) is 11.6 Å². The molecule has 3 aromatic carbocycles. The molecule has 224 valence electrons. The lowest BCUT2D eigenvalue weighted by atomic mass is 9.95. The molecule has 0 aliphatic carbocycles. The third kappa shape index (κ3) is 6.01. The number of hydrogen-bond donors (Lipinski definition) is 3. The molecule has 1 amide bonds. The Kier molecular flexibility index (Phi) is 8.07. The number of nitrogens with zero attached hydrogens (tertiary/aromatic N) is 5. The van der Waals surface area contributed by atoms with Gasteiger partial charge in [-0.3, -0.25) is 9.79 Å². The van der Waals surface area contributed by atoms with Gasteiger partial charge in [-0.25, -0.2) is 18.7 Å². The molecule has 1 aromatic heterocycles. The average Bonchev–Trinajstić information content (AvgIpc) is 3.13. The van der Waals surface area contributed by atoms with Gasteiger partial charge in [-0.1, -0.05) is 29.8 Å². The Bertz CT molecular complexity index is 1800. The number of anilines is 2. The minimum atomic E-state index is -0.730. The summed E-state index contributed by atoms with van der Waals surface area (Å²) in [5.74, 6) is -1.50. The van der Waals surface area contributed by atoms with Crippen LogP contribution in [0.1, 0.15) is 40.9 Å². The van der Waals surface area contributed by atoms with E-state index in [1.807, 2.05) is 4.90 Å². The van der Waals surface area contributed by atoms with Crippen molar-refractivity contribution in [1.29, 1.82) is 0 Å². The predicted octanol–water partition coefficient (Wildman–Crippen LogP) is 5.31. The minimum Gasteiger partial charge on any atom is -0.369 e. The van der Waals surface area contributed by atoms with Crippen molar-refractivity contribution in [2.45, 2.75) is 32.5 Å². The highest BCUT2D eigenvalue weighted by molar-refractivity contribution is 6.31. The number of halogens is 3. The number of nitrogens with two attached hydrogens (primary N) is 1. The van der Waals surface area contributed by atoms with E-state index < -0.39 is 17.5 Å². The van der Waals surface area contributed by atoms with Crippen LogP contribution < -0.4 is 16.4 Å². The largest absolute Gasteiger partial charge is 0.369 e. The summed E-state index contributed by atoms with van der Waals surface area (Å²) >= 11 is 6.32. The van der Waals surface area contributed by atoms with Crippen molar-refractivity contribution in [3.05, 3.63) is 106 Å². The summed E-state index contributed by atoms with van der Waals surface area (Å²) in [7, 11) is 0. The van der Waals surface area contributed by atoms with Crippen LogP contribution in [0, 0.1) is 11.6 Å². The van der Waals surface area contributed by atoms with E-state index in [0.717, 1.165) is 0 Å². The number of benzene rings is 3. The SMILES string of the molecule is CC1CN(C(N)=NC(=O)c2cccc(Nc3ncc4c(n3)-c3ccc(Cl)cc3C(c3c(F)cccc3F)=NC4)c2)CC(C)N1. The van der Waals surface area contributed by atoms with Gasteiger partial charge in [0.15, 0.2) is 5.96 Å². The number of aromatic nitrogens is 2. The number of carbonyl (C=O) groups excluding carboxylic acids is 1. The van der Waals surface area contributed by atoms with Gasteiger partial charge in [-0.2, -0.15) is 4.99 Å². The maximum atomic E-state index is 14.8. The van der Waals surface area contributed by atoms with E-state index in [-0.39, 0.29) is 41.8 Å². The van der Waals surface area contributed by atoms with E-state index in [9.17, 15) is 13.6 Å². The quantitative estimate of drug-likeness (QED) is 0.211. The molecule has 9 nitrogen and oxygen atoms in total. The summed E-state index contributed by atoms with van der Waals surface area (Å²) in [5.41, 5.74) is 9.24. The number of carbonyl (C=O) groups is 1. The zero-order valence-corrected chi connectivity index (χ0v) is 24.7. The van der Waals surface area contributed by atoms with Gasteiger partial charge in [0.05, 0.1) is 23.5 Å². The van der Waals surface area contributed by atoms with Crippen LogP contribution >= 0.6 is 11.6 Å². The number of aliphatic imine (C=N–C) groups is 2. The number of hydrogen-bond acceptors (Lipinski definition) is 6. The number of fused-ring (bicyclic) bond motifs is 3. The molecule has 0 radical (unpaired) electrons. The van der Waals surface area contributed by atoms with Gasteiger partial charge in [0.2, 0.25) is 5.95 Å². The fraction of sp³-hybridized carbons (Fsp3) is 0.219. The van der Waals surface area contributed by atoms with Crippen LogP contribution in [0.5, 0.6) is 0 Å². The third-order valence-electron chi connectivity index (χ3n) is 7.43. The first-order valence-corrected chi connectivity index (χ1v) is 14.5. The monoisotopic (exact) mass is 614 g/mol. The van der Waals surface area contributed by atoms with Crippen LogP contribution in [0.15, 0.2) is 76.8 Å². The summed E-state index contributed by atoms with van der Waals surface area (Å²) in [6.45, 7) is 5.52. The Balaban J connectivity index is 1.29. The fourth-order valence-corrected chi connectivity index (χ4v) is 5.71. The summed E-state index contributed by atoms with van der Waals surface area (Å²) in [6, 6.07) is 16.0. The molecule has 44 heavy (non-hydrogen) atoms. The summed E-state index contributed by atoms with van der Waals surface area (Å²) < 4.78 is 29.7. The van der Waals surface area contributed by atoms with Gasteiger partial charge in [0, 0.05) is 64.3 Å². The van der Waals surface area contributed by atoms with Crippen LogP contribution in [-0.2, 0) is 6.54 Å². The maximum Gasteiger partial charge on any atom is 0.280 e. The van der Waals surface area contributed by atoms with Crippen molar-refractivity contribution in [3.63, 3.8) is 0 Å². The van der Waals surface area contributed by atoms with E-state index in [0.29, 0.717) is 51.7 Å². The Hall–Kier alpha value is -4.74. The molecule has 12 heteroatoms. The lowest BCUT2D eigenvalue weighted by molar-refractivity contribution is 0.1000. The second-order valence-electron chi connectivity index (χ2n) is 10.9. The highest BCUT2D eigenvalue weighted by Crippen LogP contribution is 2.34. The first-order valence-electron chi connectivity index (χ1n) is 14.1. The summed E-state index contributed by atoms with van der Waals surface area (Å²) in [5, 5.41) is 6.95. The molecule has 0 bridgehead atoms. The zero-order valence-electron chi connectivity index (χ0n) is 24.0. The lowest BCUT2D eigenvalue weighted by Gasteiger charge is -2.36. The van der Waals surface area contributed by atoms with E-state index >= 15 is 0 Å². The van der Waals surface area contributed by atoms with Crippen LogP contribution in [0.2, 0.25) is 5.02 Å². The number of nitrogens with one attached hydrogen (secondary N) is 2. The van der Waals surface area contributed by atoms with E-state index in [1.54, 1.807) is 48.7 Å². The minimum absolute atomic E-state index is 0.0963. The molecule has 4 N–H and O–H groups in total. The fourth-order valence-electron chi connectivity index (χ4n) is 5.53. The first kappa shape index (κ1) is 29.3. The second kappa shape index (κ2) is 12.1. The van der Waals surface area contributed by atoms with Crippen molar-refractivity contribution >= 4 is 40.8 Å². The van der Waals surface area contributed by atoms with Crippen molar-refractivity contribution in [1.82, 2.24) is 20.2 Å². The van der Waals surface area contributed by atoms with Crippen molar-refractivity contribution in [3.8, 4) is 11.3 Å². The normalized spacial score (nSPS) is 18.2. The van der Waals surface area contributed by atoms with Crippen molar-refractivity contribution < 1.29 is 13.6 Å². The topological polar surface area (TPSA) is 121 Å². The lowest BCUT2D eigenvalue weighted by Crippen LogP contribution is -2.57. The summed E-state index contributed by atoms with van der Waals surface area (Å²) in [6.07, 6.45) is 1.61. The Labute approximate surface area is 257 Å². The van der Waals surface area contributed by atoms with E-state index in [4.69, 9.17) is 22.3 Å². The Morgan fingerprint density at radius 1 is 1.05 bits per heavy atom. The standard InChI is InChI=1S/C32H29ClF2N8O/c1-17-15-43(16-18(2)39-17)31(36)42-30(44)19-5-3-6-22(11-19)40-32-38-14-20-13-37-29(27-25(34)7-4-8-26(27)35)24-12-21(33)9-10-23(24)28(20)41-32/h3-12,14,17-18,39H,13,15-16H2,1-2H3,(H2,36,42,44)(H,38,40,41). The van der Waals surface area contributed by atoms with Crippen molar-refractivity contribution in [2.75, 3.05) is 18.4 Å². The summed E-state index contributed by atoms with van der Waals surface area (Å²) in [4.78, 5) is 32.8. The van der Waals surface area contributed by atoms with Crippen LogP contribution in [0.3, 0.4) is 0 Å². The zero-order chi connectivity index (χ0) is 31.0. The molecule has 2 atom stereocenters. The smallest absolute Gasteiger partial charge is 0.280 e. The molecule has 1 saturated heterocycles. The van der Waals surface area contributed by atoms with Gasteiger partial charge in [-0.05, 0) is 56.3 Å². The molecule has 4 aromatic rings. The highest BCUT2D eigenvalue weighted by atomic mass is 35.5. The molecule has 2 unspecified atom stereocenters. The molecule has 0 spiro atoms. The Morgan fingerprint density at radius 3 is 2.52 bits per heavy atom. The molecule has 0 saturated carbocycles. The first-order chi connectivity index (χ1) is 21.2. The van der Waals surface area contributed by atoms with Gasteiger partial charge >= 0.3 is 0 Å². The molecular formula is C32H29ClF2N8O. The number of amides is 1. The highest BCUT2D eigenvalue weighted by Gasteiger charge is 2.26. The number of guanidine groups is 1. The number of rotatable bonds is 4. The van der Waals surface area contributed by atoms with E-state index in [2.05, 4.69) is 39.4 Å². The van der Waals surface area contributed by atoms with Gasteiger partial charge in [0.25, 0.3) is 5.91 Å². The molecule has 6 rings (SSSR count). The number of piperazine rings is 1. The molecule has 1 fully saturated rings. The molecule has 2 aliphatic rings. The molecular weight excluding hydrogens is 586 g/mol.